The summed E-state index contributed by atoms with van der Waals surface area (Å²) in [5.74, 6) is -0.170. The Balaban J connectivity index is 3.80. The van der Waals surface area contributed by atoms with Crippen LogP contribution in [0.25, 0.3) is 0 Å². The Kier molecular flexibility index (Phi) is 6.48. The standard InChI is InChI=1S/C11H20O3S/c1-4-5-6-7-8-9-11(12)10(2)15(3,13)14/h4,10H,1,5-9H2,2-3H3. The predicted octanol–water partition coefficient (Wildman–Crippen LogP) is 2.13. The third-order valence-electron chi connectivity index (χ3n) is 2.43. The van der Waals surface area contributed by atoms with E-state index in [2.05, 4.69) is 6.58 Å². The van der Waals surface area contributed by atoms with Crippen LogP contribution >= 0.6 is 0 Å². The molecule has 0 heterocycles. The molecule has 0 rings (SSSR count). The van der Waals surface area contributed by atoms with E-state index in [1.54, 1.807) is 0 Å². The van der Waals surface area contributed by atoms with Gasteiger partial charge in [-0.25, -0.2) is 8.42 Å². The molecular formula is C11H20O3S. The van der Waals surface area contributed by atoms with Crippen molar-refractivity contribution in [1.82, 2.24) is 0 Å². The molecule has 88 valence electrons. The van der Waals surface area contributed by atoms with Gasteiger partial charge in [0.05, 0.1) is 0 Å². The number of ketones is 1. The second-order valence-corrected chi connectivity index (χ2v) is 6.19. The van der Waals surface area contributed by atoms with E-state index in [9.17, 15) is 13.2 Å². The summed E-state index contributed by atoms with van der Waals surface area (Å²) in [6.07, 6.45) is 7.01. The van der Waals surface area contributed by atoms with Crippen molar-refractivity contribution in [3.05, 3.63) is 12.7 Å². The lowest BCUT2D eigenvalue weighted by Gasteiger charge is -2.07. The van der Waals surface area contributed by atoms with Crippen LogP contribution in [0.1, 0.15) is 39.0 Å². The van der Waals surface area contributed by atoms with E-state index < -0.39 is 15.1 Å². The van der Waals surface area contributed by atoms with Crippen LogP contribution in [0.15, 0.2) is 12.7 Å². The molecule has 0 spiro atoms. The zero-order chi connectivity index (χ0) is 11.9. The van der Waals surface area contributed by atoms with E-state index in [4.69, 9.17) is 0 Å². The maximum atomic E-state index is 11.4. The van der Waals surface area contributed by atoms with Crippen LogP contribution in [0, 0.1) is 0 Å². The van der Waals surface area contributed by atoms with Crippen LogP contribution in [0.4, 0.5) is 0 Å². The summed E-state index contributed by atoms with van der Waals surface area (Å²) >= 11 is 0. The van der Waals surface area contributed by atoms with Crippen LogP contribution in [0.2, 0.25) is 0 Å². The van der Waals surface area contributed by atoms with Gasteiger partial charge in [-0.15, -0.1) is 6.58 Å². The second kappa shape index (κ2) is 6.77. The van der Waals surface area contributed by atoms with Gasteiger partial charge in [0.15, 0.2) is 15.6 Å². The molecule has 1 unspecified atom stereocenters. The first-order chi connectivity index (χ1) is 6.89. The molecule has 0 aromatic carbocycles. The minimum atomic E-state index is -3.22. The lowest BCUT2D eigenvalue weighted by molar-refractivity contribution is -0.118. The average molecular weight is 232 g/mol. The number of sulfone groups is 1. The van der Waals surface area contributed by atoms with Gasteiger partial charge in [0, 0.05) is 12.7 Å². The van der Waals surface area contributed by atoms with Gasteiger partial charge in [-0.05, 0) is 26.2 Å². The summed E-state index contributed by atoms with van der Waals surface area (Å²) < 4.78 is 22.1. The number of carbonyl (C=O) groups is 1. The Morgan fingerprint density at radius 1 is 1.33 bits per heavy atom. The number of hydrogen-bond donors (Lipinski definition) is 0. The minimum absolute atomic E-state index is 0.170. The largest absolute Gasteiger partial charge is 0.298 e. The highest BCUT2D eigenvalue weighted by molar-refractivity contribution is 7.92. The third-order valence-corrected chi connectivity index (χ3v) is 3.97. The molecule has 4 heteroatoms. The summed E-state index contributed by atoms with van der Waals surface area (Å²) in [4.78, 5) is 11.4. The quantitative estimate of drug-likeness (QED) is 0.476. The van der Waals surface area contributed by atoms with Crippen molar-refractivity contribution in [3.8, 4) is 0 Å². The Bertz CT molecular complexity index is 304. The fourth-order valence-electron chi connectivity index (χ4n) is 1.21. The van der Waals surface area contributed by atoms with Crippen LogP contribution < -0.4 is 0 Å². The van der Waals surface area contributed by atoms with Gasteiger partial charge in [-0.2, -0.15) is 0 Å². The zero-order valence-electron chi connectivity index (χ0n) is 9.53. The summed E-state index contributed by atoms with van der Waals surface area (Å²) in [6, 6.07) is 0. The second-order valence-electron chi connectivity index (χ2n) is 3.83. The number of hydrogen-bond acceptors (Lipinski definition) is 3. The van der Waals surface area contributed by atoms with Gasteiger partial charge in [0.1, 0.15) is 5.25 Å². The normalized spacial score (nSPS) is 13.5. The zero-order valence-corrected chi connectivity index (χ0v) is 10.3. The molecule has 0 amide bonds. The summed E-state index contributed by atoms with van der Waals surface area (Å²) in [7, 11) is -3.22. The van der Waals surface area contributed by atoms with Crippen molar-refractivity contribution in [2.75, 3.05) is 6.26 Å². The smallest absolute Gasteiger partial charge is 0.157 e. The van der Waals surface area contributed by atoms with Gasteiger partial charge in [0.2, 0.25) is 0 Å². The van der Waals surface area contributed by atoms with E-state index in [0.29, 0.717) is 6.42 Å². The molecule has 0 saturated carbocycles. The maximum absolute atomic E-state index is 11.4. The molecule has 3 nitrogen and oxygen atoms in total. The van der Waals surface area contributed by atoms with E-state index in [-0.39, 0.29) is 5.78 Å². The Morgan fingerprint density at radius 2 is 1.93 bits per heavy atom. The minimum Gasteiger partial charge on any atom is -0.298 e. The molecule has 0 N–H and O–H groups in total. The van der Waals surface area contributed by atoms with Crippen molar-refractivity contribution in [3.63, 3.8) is 0 Å². The van der Waals surface area contributed by atoms with Gasteiger partial charge in [-0.1, -0.05) is 12.5 Å². The summed E-state index contributed by atoms with van der Waals surface area (Å²) in [5, 5.41) is -0.850. The number of carbonyl (C=O) groups excluding carboxylic acids is 1. The van der Waals surface area contributed by atoms with E-state index in [0.717, 1.165) is 31.9 Å². The number of allylic oxidation sites excluding steroid dienone is 1. The molecule has 0 fully saturated rings. The fourth-order valence-corrected chi connectivity index (χ4v) is 1.80. The Labute approximate surface area is 92.5 Å². The molecule has 0 bridgehead atoms. The lowest BCUT2D eigenvalue weighted by atomic mass is 10.1. The molecule has 0 aliphatic heterocycles. The van der Waals surface area contributed by atoms with Crippen LogP contribution in [0.3, 0.4) is 0 Å². The fraction of sp³-hybridized carbons (Fsp3) is 0.727. The molecular weight excluding hydrogens is 212 g/mol. The first-order valence-electron chi connectivity index (χ1n) is 5.22. The van der Waals surface area contributed by atoms with Crippen molar-refractivity contribution in [1.29, 1.82) is 0 Å². The van der Waals surface area contributed by atoms with Crippen LogP contribution in [0.5, 0.6) is 0 Å². The van der Waals surface area contributed by atoms with Crippen molar-refractivity contribution in [2.24, 2.45) is 0 Å². The van der Waals surface area contributed by atoms with Crippen LogP contribution in [-0.4, -0.2) is 25.7 Å². The first-order valence-corrected chi connectivity index (χ1v) is 7.17. The van der Waals surface area contributed by atoms with E-state index in [1.165, 1.54) is 6.92 Å². The molecule has 0 aromatic heterocycles. The number of unbranched alkanes of at least 4 members (excludes halogenated alkanes) is 3. The van der Waals surface area contributed by atoms with Gasteiger partial charge in [-0.3, -0.25) is 4.79 Å². The number of Topliss-reactive ketones (excluding diaryl/α,β-unsaturated/α-hetero) is 1. The van der Waals surface area contributed by atoms with Crippen molar-refractivity contribution >= 4 is 15.6 Å². The SMILES string of the molecule is C=CCCCCCC(=O)C(C)S(C)(=O)=O. The molecule has 0 radical (unpaired) electrons. The van der Waals surface area contributed by atoms with Crippen molar-refractivity contribution < 1.29 is 13.2 Å². The lowest BCUT2D eigenvalue weighted by Crippen LogP contribution is -2.25. The molecule has 0 aliphatic carbocycles. The Hall–Kier alpha value is -0.640. The van der Waals surface area contributed by atoms with Gasteiger partial charge < -0.3 is 0 Å². The average Bonchev–Trinajstić information content (AvgIpc) is 2.14. The third kappa shape index (κ3) is 6.44. The van der Waals surface area contributed by atoms with Gasteiger partial charge >= 0.3 is 0 Å². The maximum Gasteiger partial charge on any atom is 0.157 e. The molecule has 1 atom stereocenters. The predicted molar refractivity (Wildman–Crippen MR) is 62.6 cm³/mol. The van der Waals surface area contributed by atoms with E-state index >= 15 is 0 Å². The van der Waals surface area contributed by atoms with E-state index in [1.807, 2.05) is 6.08 Å². The first kappa shape index (κ1) is 14.4. The highest BCUT2D eigenvalue weighted by Crippen LogP contribution is 2.08. The van der Waals surface area contributed by atoms with Crippen molar-refractivity contribution in [2.45, 2.75) is 44.3 Å². The summed E-state index contributed by atoms with van der Waals surface area (Å²) in [5.41, 5.74) is 0. The molecule has 15 heavy (non-hydrogen) atoms. The number of rotatable bonds is 8. The molecule has 0 aliphatic rings. The topological polar surface area (TPSA) is 51.2 Å². The highest BCUT2D eigenvalue weighted by atomic mass is 32.2. The molecule has 0 saturated heterocycles. The molecule has 0 aromatic rings. The van der Waals surface area contributed by atoms with Gasteiger partial charge in [0.25, 0.3) is 0 Å². The monoisotopic (exact) mass is 232 g/mol. The Morgan fingerprint density at radius 3 is 2.40 bits per heavy atom. The highest BCUT2D eigenvalue weighted by Gasteiger charge is 2.22. The summed E-state index contributed by atoms with van der Waals surface area (Å²) in [6.45, 7) is 5.07. The van der Waals surface area contributed by atoms with Crippen LogP contribution in [-0.2, 0) is 14.6 Å².